The second-order valence-electron chi connectivity index (χ2n) is 3.73. The molecule has 1 aromatic heterocycles. The summed E-state index contributed by atoms with van der Waals surface area (Å²) in [5.74, 6) is -1.81. The van der Waals surface area contributed by atoms with Gasteiger partial charge in [-0.2, -0.15) is 0 Å². The number of halogens is 2. The summed E-state index contributed by atoms with van der Waals surface area (Å²) < 4.78 is 26.4. The number of aromatic nitrogens is 1. The summed E-state index contributed by atoms with van der Waals surface area (Å²) in [6.07, 6.45) is 0. The van der Waals surface area contributed by atoms with Crippen molar-refractivity contribution in [3.05, 3.63) is 41.0 Å². The maximum Gasteiger partial charge on any atom is 0.271 e. The highest BCUT2D eigenvalue weighted by Gasteiger charge is 2.17. The summed E-state index contributed by atoms with van der Waals surface area (Å²) in [6.45, 7) is 0.618. The highest BCUT2D eigenvalue weighted by molar-refractivity contribution is 7.13. The number of amides is 1. The quantitative estimate of drug-likeness (QED) is 0.898. The molecule has 0 radical (unpaired) electrons. The summed E-state index contributed by atoms with van der Waals surface area (Å²) in [4.78, 5) is 16.2. The van der Waals surface area contributed by atoms with E-state index in [4.69, 9.17) is 5.73 Å². The van der Waals surface area contributed by atoms with E-state index in [1.165, 1.54) is 5.51 Å². The van der Waals surface area contributed by atoms with E-state index in [0.717, 1.165) is 29.5 Å². The number of carbonyl (C=O) groups excluding carboxylic acids is 1. The average molecular weight is 283 g/mol. The van der Waals surface area contributed by atoms with E-state index < -0.39 is 17.5 Å². The molecule has 0 unspecified atom stereocenters. The van der Waals surface area contributed by atoms with Crippen molar-refractivity contribution in [2.45, 2.75) is 0 Å². The van der Waals surface area contributed by atoms with Crippen LogP contribution in [0.2, 0.25) is 0 Å². The fourth-order valence-corrected chi connectivity index (χ4v) is 2.34. The molecule has 0 atom stereocenters. The Bertz CT molecular complexity index is 580. The van der Waals surface area contributed by atoms with E-state index in [1.807, 2.05) is 0 Å². The minimum absolute atomic E-state index is 0.142. The topological polar surface area (TPSA) is 68.0 Å². The first-order chi connectivity index (χ1) is 9.11. The Morgan fingerprint density at radius 2 is 2.00 bits per heavy atom. The molecule has 1 aromatic carbocycles. The minimum atomic E-state index is -0.697. The summed E-state index contributed by atoms with van der Waals surface area (Å²) >= 11 is 1.15. The molecule has 1 amide bonds. The summed E-state index contributed by atoms with van der Waals surface area (Å²) in [7, 11) is 0. The lowest BCUT2D eigenvalue weighted by atomic mass is 10.1. The zero-order valence-corrected chi connectivity index (χ0v) is 10.6. The predicted molar refractivity (Wildman–Crippen MR) is 68.9 cm³/mol. The van der Waals surface area contributed by atoms with Crippen LogP contribution in [0.4, 0.5) is 8.78 Å². The van der Waals surface area contributed by atoms with Crippen molar-refractivity contribution in [1.82, 2.24) is 10.3 Å². The van der Waals surface area contributed by atoms with Crippen LogP contribution in [0.3, 0.4) is 0 Å². The molecule has 0 fully saturated rings. The maximum atomic E-state index is 13.2. The van der Waals surface area contributed by atoms with Gasteiger partial charge in [-0.25, -0.2) is 13.8 Å². The van der Waals surface area contributed by atoms with Crippen molar-refractivity contribution in [2.24, 2.45) is 5.73 Å². The van der Waals surface area contributed by atoms with E-state index in [1.54, 1.807) is 0 Å². The normalized spacial score (nSPS) is 10.5. The summed E-state index contributed by atoms with van der Waals surface area (Å²) in [5, 5.41) is 2.57. The molecule has 0 aliphatic heterocycles. The van der Waals surface area contributed by atoms with E-state index in [9.17, 15) is 13.6 Å². The number of hydrogen-bond acceptors (Lipinski definition) is 4. The van der Waals surface area contributed by atoms with Gasteiger partial charge >= 0.3 is 0 Å². The molecule has 3 N–H and O–H groups in total. The van der Waals surface area contributed by atoms with E-state index >= 15 is 0 Å². The fraction of sp³-hybridized carbons (Fsp3) is 0.167. The number of benzene rings is 1. The lowest BCUT2D eigenvalue weighted by Crippen LogP contribution is -2.29. The second kappa shape index (κ2) is 5.85. The first-order valence-electron chi connectivity index (χ1n) is 5.50. The van der Waals surface area contributed by atoms with Crippen LogP contribution in [0, 0.1) is 11.6 Å². The number of nitrogens with one attached hydrogen (secondary N) is 1. The van der Waals surface area contributed by atoms with Gasteiger partial charge in [-0.15, -0.1) is 11.3 Å². The number of nitrogens with zero attached hydrogens (tertiary/aromatic N) is 1. The van der Waals surface area contributed by atoms with Crippen LogP contribution in [0.15, 0.2) is 23.7 Å². The van der Waals surface area contributed by atoms with Crippen molar-refractivity contribution in [1.29, 1.82) is 0 Å². The highest BCUT2D eigenvalue weighted by Crippen LogP contribution is 2.28. The van der Waals surface area contributed by atoms with Gasteiger partial charge in [0, 0.05) is 19.2 Å². The summed E-state index contributed by atoms with van der Waals surface area (Å²) in [5.41, 5.74) is 7.17. The number of rotatable bonds is 4. The van der Waals surface area contributed by atoms with Crippen molar-refractivity contribution >= 4 is 17.2 Å². The Balaban J connectivity index is 2.35. The van der Waals surface area contributed by atoms with Crippen LogP contribution in [0.5, 0.6) is 0 Å². The number of thiazole rings is 1. The Kier molecular flexibility index (Phi) is 4.18. The first kappa shape index (κ1) is 13.6. The summed E-state index contributed by atoms with van der Waals surface area (Å²) in [6, 6.07) is 3.10. The first-order valence-corrected chi connectivity index (χ1v) is 6.38. The zero-order chi connectivity index (χ0) is 13.8. The molecule has 0 spiro atoms. The molecule has 1 heterocycles. The van der Waals surface area contributed by atoms with Gasteiger partial charge in [0.1, 0.15) is 17.3 Å². The van der Waals surface area contributed by atoms with E-state index in [0.29, 0.717) is 18.0 Å². The molecule has 19 heavy (non-hydrogen) atoms. The van der Waals surface area contributed by atoms with Crippen LogP contribution in [0.1, 0.15) is 10.5 Å². The molecule has 0 aliphatic carbocycles. The van der Waals surface area contributed by atoms with Crippen LogP contribution >= 0.6 is 11.3 Å². The smallest absolute Gasteiger partial charge is 0.271 e. The molecule has 2 aromatic rings. The lowest BCUT2D eigenvalue weighted by Gasteiger charge is -2.04. The van der Waals surface area contributed by atoms with Crippen LogP contribution < -0.4 is 11.1 Å². The Morgan fingerprint density at radius 3 is 2.63 bits per heavy atom. The predicted octanol–water partition coefficient (Wildman–Crippen LogP) is 1.78. The van der Waals surface area contributed by atoms with Gasteiger partial charge in [-0.3, -0.25) is 4.79 Å². The standard InChI is InChI=1S/C12H11F2N3OS/c13-8-3-7(4-9(14)5-8)11-10(17-6-19-11)12(18)16-2-1-15/h3-6H,1-2,15H2,(H,16,18). The van der Waals surface area contributed by atoms with Gasteiger partial charge in [0.25, 0.3) is 5.91 Å². The molecule has 100 valence electrons. The van der Waals surface area contributed by atoms with E-state index in [-0.39, 0.29) is 11.3 Å². The molecule has 0 aliphatic rings. The molecule has 2 rings (SSSR count). The second-order valence-corrected chi connectivity index (χ2v) is 4.59. The molecular formula is C12H11F2N3OS. The number of hydrogen-bond donors (Lipinski definition) is 2. The van der Waals surface area contributed by atoms with Gasteiger partial charge in [0.15, 0.2) is 0 Å². The molecule has 0 saturated carbocycles. The Hall–Kier alpha value is -1.86. The molecular weight excluding hydrogens is 272 g/mol. The number of carbonyl (C=O) groups is 1. The molecule has 0 bridgehead atoms. The zero-order valence-electron chi connectivity index (χ0n) is 9.82. The van der Waals surface area contributed by atoms with E-state index in [2.05, 4.69) is 10.3 Å². The largest absolute Gasteiger partial charge is 0.349 e. The third-order valence-corrected chi connectivity index (χ3v) is 3.21. The van der Waals surface area contributed by atoms with Gasteiger partial charge < -0.3 is 11.1 Å². The van der Waals surface area contributed by atoms with Crippen LogP contribution in [-0.4, -0.2) is 24.0 Å². The third-order valence-electron chi connectivity index (χ3n) is 2.34. The van der Waals surface area contributed by atoms with Gasteiger partial charge in [0.2, 0.25) is 0 Å². The fourth-order valence-electron chi connectivity index (χ4n) is 1.57. The van der Waals surface area contributed by atoms with Gasteiger partial charge in [0.05, 0.1) is 10.4 Å². The highest BCUT2D eigenvalue weighted by atomic mass is 32.1. The Morgan fingerprint density at radius 1 is 1.32 bits per heavy atom. The third kappa shape index (κ3) is 3.12. The molecule has 0 saturated heterocycles. The maximum absolute atomic E-state index is 13.2. The monoisotopic (exact) mass is 283 g/mol. The van der Waals surface area contributed by atoms with Crippen LogP contribution in [0.25, 0.3) is 10.4 Å². The van der Waals surface area contributed by atoms with Crippen LogP contribution in [-0.2, 0) is 0 Å². The van der Waals surface area contributed by atoms with Gasteiger partial charge in [-0.05, 0) is 17.7 Å². The lowest BCUT2D eigenvalue weighted by molar-refractivity contribution is 0.0951. The van der Waals surface area contributed by atoms with Crippen molar-refractivity contribution in [3.63, 3.8) is 0 Å². The number of nitrogens with two attached hydrogens (primary N) is 1. The average Bonchev–Trinajstić information content (AvgIpc) is 2.84. The minimum Gasteiger partial charge on any atom is -0.349 e. The van der Waals surface area contributed by atoms with Crippen molar-refractivity contribution in [2.75, 3.05) is 13.1 Å². The van der Waals surface area contributed by atoms with Crippen molar-refractivity contribution in [3.8, 4) is 10.4 Å². The van der Waals surface area contributed by atoms with Crippen molar-refractivity contribution < 1.29 is 13.6 Å². The van der Waals surface area contributed by atoms with Gasteiger partial charge in [-0.1, -0.05) is 0 Å². The Labute approximate surface area is 112 Å². The SMILES string of the molecule is NCCNC(=O)c1ncsc1-c1cc(F)cc(F)c1. The molecule has 4 nitrogen and oxygen atoms in total. The molecule has 7 heteroatoms.